The summed E-state index contributed by atoms with van der Waals surface area (Å²) in [4.78, 5) is 16.1. The average Bonchev–Trinajstić information content (AvgIpc) is 2.74. The van der Waals surface area contributed by atoms with Crippen molar-refractivity contribution in [1.29, 1.82) is 0 Å². The molecule has 6 nitrogen and oxygen atoms in total. The Balaban J connectivity index is 1.91. The van der Waals surface area contributed by atoms with E-state index in [0.29, 0.717) is 31.2 Å². The van der Waals surface area contributed by atoms with Gasteiger partial charge in [0.2, 0.25) is 0 Å². The van der Waals surface area contributed by atoms with Crippen molar-refractivity contribution in [2.45, 2.75) is 26.2 Å². The van der Waals surface area contributed by atoms with Gasteiger partial charge in [-0.2, -0.15) is 13.2 Å². The number of benzene rings is 2. The summed E-state index contributed by atoms with van der Waals surface area (Å²) in [5.74, 6) is 0.620. The Hall–Kier alpha value is -3.23. The molecule has 3 N–H and O–H groups in total. The van der Waals surface area contributed by atoms with Crippen LogP contribution in [0.15, 0.2) is 53.5 Å². The van der Waals surface area contributed by atoms with Crippen molar-refractivity contribution >= 4 is 11.9 Å². The molecule has 162 valence electrons. The lowest BCUT2D eigenvalue weighted by molar-refractivity contribution is -0.153. The number of aliphatic imine (C=N–C) groups is 1. The molecule has 0 saturated carbocycles. The lowest BCUT2D eigenvalue weighted by Crippen LogP contribution is -2.36. The summed E-state index contributed by atoms with van der Waals surface area (Å²) >= 11 is 0. The minimum atomic E-state index is -4.36. The third kappa shape index (κ3) is 8.02. The zero-order valence-corrected chi connectivity index (χ0v) is 16.8. The molecule has 2 aromatic carbocycles. The summed E-state index contributed by atoms with van der Waals surface area (Å²) in [5.41, 5.74) is 2.41. The third-order valence-electron chi connectivity index (χ3n) is 3.99. The highest BCUT2D eigenvalue weighted by Gasteiger charge is 2.28. The van der Waals surface area contributed by atoms with Crippen LogP contribution in [0.25, 0.3) is 0 Å². The molecule has 1 amide bonds. The van der Waals surface area contributed by atoms with Crippen molar-refractivity contribution in [1.82, 2.24) is 16.0 Å². The van der Waals surface area contributed by atoms with E-state index in [1.165, 1.54) is 12.1 Å². The van der Waals surface area contributed by atoms with Gasteiger partial charge in [-0.05, 0) is 42.3 Å². The van der Waals surface area contributed by atoms with E-state index >= 15 is 0 Å². The molecular weight excluding hydrogens is 397 g/mol. The number of carbonyl (C=O) groups excluding carboxylic acids is 1. The first kappa shape index (κ1) is 23.1. The molecule has 2 aromatic rings. The highest BCUT2D eigenvalue weighted by Crippen LogP contribution is 2.19. The lowest BCUT2D eigenvalue weighted by Gasteiger charge is -2.12. The first-order chi connectivity index (χ1) is 14.3. The van der Waals surface area contributed by atoms with Gasteiger partial charge in [0.1, 0.15) is 5.75 Å². The molecule has 30 heavy (non-hydrogen) atoms. The van der Waals surface area contributed by atoms with Crippen molar-refractivity contribution < 1.29 is 22.7 Å². The zero-order valence-electron chi connectivity index (χ0n) is 16.8. The molecule has 0 radical (unpaired) electrons. The molecule has 0 bridgehead atoms. The number of hydrogen-bond acceptors (Lipinski definition) is 3. The van der Waals surface area contributed by atoms with Crippen molar-refractivity contribution in [2.24, 2.45) is 4.99 Å². The number of nitrogens with zero attached hydrogens (tertiary/aromatic N) is 1. The van der Waals surface area contributed by atoms with Gasteiger partial charge in [-0.15, -0.1) is 0 Å². The normalized spacial score (nSPS) is 11.7. The third-order valence-corrected chi connectivity index (χ3v) is 3.99. The van der Waals surface area contributed by atoms with Crippen molar-refractivity contribution in [2.75, 3.05) is 20.2 Å². The van der Waals surface area contributed by atoms with Crippen LogP contribution in [0.4, 0.5) is 13.2 Å². The molecule has 9 heteroatoms. The molecule has 0 saturated heterocycles. The Kier molecular flexibility index (Phi) is 8.52. The smallest absolute Gasteiger partial charge is 0.422 e. The Bertz CT molecular complexity index is 835. The lowest BCUT2D eigenvalue weighted by atomic mass is 10.1. The van der Waals surface area contributed by atoms with E-state index in [1.54, 1.807) is 31.3 Å². The Labute approximate surface area is 173 Å². The summed E-state index contributed by atoms with van der Waals surface area (Å²) in [7, 11) is 1.58. The maximum Gasteiger partial charge on any atom is 0.422 e. The largest absolute Gasteiger partial charge is 0.484 e. The Morgan fingerprint density at radius 3 is 2.20 bits per heavy atom. The van der Waals surface area contributed by atoms with E-state index in [1.807, 2.05) is 19.1 Å². The first-order valence-electron chi connectivity index (χ1n) is 9.42. The monoisotopic (exact) mass is 422 g/mol. The second-order valence-corrected chi connectivity index (χ2v) is 6.37. The molecular formula is C21H25F3N4O2. The van der Waals surface area contributed by atoms with Crippen LogP contribution in [0, 0.1) is 0 Å². The molecule has 0 aliphatic rings. The van der Waals surface area contributed by atoms with E-state index in [4.69, 9.17) is 4.74 Å². The zero-order chi connectivity index (χ0) is 22.0. The van der Waals surface area contributed by atoms with Gasteiger partial charge >= 0.3 is 6.18 Å². The molecule has 0 aliphatic carbocycles. The molecule has 0 atom stereocenters. The number of guanidine groups is 1. The number of alkyl halides is 3. The standard InChI is InChI=1S/C21H25F3N4O2/c1-3-26-20(27-12-15-4-8-17(9-5-15)19(29)25-2)28-13-16-6-10-18(11-7-16)30-14-21(22,23)24/h4-11H,3,12-14H2,1-2H3,(H,25,29)(H2,26,27,28). The van der Waals surface area contributed by atoms with E-state index in [-0.39, 0.29) is 11.7 Å². The van der Waals surface area contributed by atoms with Crippen LogP contribution in [-0.2, 0) is 13.1 Å². The summed E-state index contributed by atoms with van der Waals surface area (Å²) in [5, 5.41) is 8.92. The van der Waals surface area contributed by atoms with Crippen LogP contribution >= 0.6 is 0 Å². The number of ether oxygens (including phenoxy) is 1. The molecule has 0 fully saturated rings. The van der Waals surface area contributed by atoms with Crippen LogP contribution in [0.2, 0.25) is 0 Å². The van der Waals surface area contributed by atoms with Gasteiger partial charge in [0.25, 0.3) is 5.91 Å². The highest BCUT2D eigenvalue weighted by molar-refractivity contribution is 5.93. The summed E-state index contributed by atoms with van der Waals surface area (Å²) in [6.45, 7) is 2.17. The molecule has 0 spiro atoms. The SMILES string of the molecule is CCNC(=NCc1ccc(OCC(F)(F)F)cc1)NCc1ccc(C(=O)NC)cc1. The van der Waals surface area contributed by atoms with Crippen molar-refractivity contribution in [3.8, 4) is 5.75 Å². The molecule has 0 aromatic heterocycles. The molecule has 2 rings (SSSR count). The number of carbonyl (C=O) groups is 1. The van der Waals surface area contributed by atoms with Gasteiger partial charge in [0.15, 0.2) is 12.6 Å². The van der Waals surface area contributed by atoms with Gasteiger partial charge in [-0.25, -0.2) is 4.99 Å². The van der Waals surface area contributed by atoms with Crippen molar-refractivity contribution in [3.05, 3.63) is 65.2 Å². The first-order valence-corrected chi connectivity index (χ1v) is 9.42. The number of halogens is 3. The van der Waals surface area contributed by atoms with E-state index < -0.39 is 12.8 Å². The summed E-state index contributed by atoms with van der Waals surface area (Å²) in [6, 6.07) is 13.6. The quantitative estimate of drug-likeness (QED) is 0.451. The van der Waals surface area contributed by atoms with Gasteiger partial charge in [-0.1, -0.05) is 24.3 Å². The summed E-state index contributed by atoms with van der Waals surface area (Å²) in [6.07, 6.45) is -4.36. The van der Waals surface area contributed by atoms with Crippen LogP contribution in [0.5, 0.6) is 5.75 Å². The second kappa shape index (κ2) is 11.1. The predicted molar refractivity (Wildman–Crippen MR) is 109 cm³/mol. The number of hydrogen-bond donors (Lipinski definition) is 3. The Morgan fingerprint density at radius 2 is 1.63 bits per heavy atom. The minimum Gasteiger partial charge on any atom is -0.484 e. The Morgan fingerprint density at radius 1 is 1.00 bits per heavy atom. The number of rotatable bonds is 8. The van der Waals surface area contributed by atoms with Gasteiger partial charge in [-0.3, -0.25) is 4.79 Å². The summed E-state index contributed by atoms with van der Waals surface area (Å²) < 4.78 is 41.3. The number of amides is 1. The average molecular weight is 422 g/mol. The van der Waals surface area contributed by atoms with Gasteiger partial charge < -0.3 is 20.7 Å². The molecule has 0 heterocycles. The minimum absolute atomic E-state index is 0.140. The van der Waals surface area contributed by atoms with E-state index in [0.717, 1.165) is 11.1 Å². The van der Waals surface area contributed by atoms with Crippen LogP contribution in [-0.4, -0.2) is 38.2 Å². The van der Waals surface area contributed by atoms with Crippen LogP contribution < -0.4 is 20.7 Å². The fraction of sp³-hybridized carbons (Fsp3) is 0.333. The van der Waals surface area contributed by atoms with Crippen LogP contribution in [0.1, 0.15) is 28.4 Å². The molecule has 0 aliphatic heterocycles. The van der Waals surface area contributed by atoms with Crippen molar-refractivity contribution in [3.63, 3.8) is 0 Å². The second-order valence-electron chi connectivity index (χ2n) is 6.37. The fourth-order valence-corrected chi connectivity index (χ4v) is 2.47. The molecule has 0 unspecified atom stereocenters. The van der Waals surface area contributed by atoms with Gasteiger partial charge in [0, 0.05) is 25.7 Å². The maximum atomic E-state index is 12.2. The van der Waals surface area contributed by atoms with E-state index in [2.05, 4.69) is 20.9 Å². The predicted octanol–water partition coefficient (Wildman–Crippen LogP) is 3.24. The highest BCUT2D eigenvalue weighted by atomic mass is 19.4. The van der Waals surface area contributed by atoms with Crippen LogP contribution in [0.3, 0.4) is 0 Å². The van der Waals surface area contributed by atoms with E-state index in [9.17, 15) is 18.0 Å². The van der Waals surface area contributed by atoms with Gasteiger partial charge in [0.05, 0.1) is 6.54 Å². The topological polar surface area (TPSA) is 74.8 Å². The fourth-order valence-electron chi connectivity index (χ4n) is 2.47. The maximum absolute atomic E-state index is 12.2. The number of nitrogens with one attached hydrogen (secondary N) is 3.